The maximum Gasteiger partial charge on any atom is 0.208 e. The van der Waals surface area contributed by atoms with Gasteiger partial charge >= 0.3 is 0 Å². The molecule has 0 radical (unpaired) electrons. The van der Waals surface area contributed by atoms with Crippen molar-refractivity contribution >= 4 is 10.0 Å². The Balaban J connectivity index is 2.41. The van der Waals surface area contributed by atoms with E-state index in [1.54, 1.807) is 0 Å². The summed E-state index contributed by atoms with van der Waals surface area (Å²) in [5.41, 5.74) is 5.61. The van der Waals surface area contributed by atoms with Crippen LogP contribution in [0, 0.1) is 0 Å². The number of hydrogen-bond donors (Lipinski definition) is 2. The van der Waals surface area contributed by atoms with Gasteiger partial charge in [0.05, 0.1) is 6.26 Å². The molecule has 0 aromatic carbocycles. The quantitative estimate of drug-likeness (QED) is 0.594. The standard InChI is InChI=1S/C6H14N2O2S/c1-11(9,10)8-6-3-2-5(7)4-6/h5-6,8H,2-4,7H2,1H3/t5-,6-/m0/s1. The lowest BCUT2D eigenvalue weighted by Gasteiger charge is -2.08. The van der Waals surface area contributed by atoms with E-state index < -0.39 is 10.0 Å². The summed E-state index contributed by atoms with van der Waals surface area (Å²) in [7, 11) is -3.04. The van der Waals surface area contributed by atoms with Crippen molar-refractivity contribution in [1.82, 2.24) is 4.72 Å². The van der Waals surface area contributed by atoms with Gasteiger partial charge in [0.2, 0.25) is 10.0 Å². The van der Waals surface area contributed by atoms with Gasteiger partial charge in [-0.2, -0.15) is 0 Å². The number of nitrogens with one attached hydrogen (secondary N) is 1. The Kier molecular flexibility index (Phi) is 2.51. The smallest absolute Gasteiger partial charge is 0.208 e. The van der Waals surface area contributed by atoms with Gasteiger partial charge in [-0.25, -0.2) is 13.1 Å². The Morgan fingerprint density at radius 1 is 1.45 bits per heavy atom. The van der Waals surface area contributed by atoms with E-state index in [0.29, 0.717) is 0 Å². The first-order chi connectivity index (χ1) is 4.97. The average molecular weight is 178 g/mol. The zero-order valence-corrected chi connectivity index (χ0v) is 7.39. The molecule has 5 heteroatoms. The number of nitrogens with two attached hydrogens (primary N) is 1. The summed E-state index contributed by atoms with van der Waals surface area (Å²) in [4.78, 5) is 0. The van der Waals surface area contributed by atoms with Gasteiger partial charge in [0.25, 0.3) is 0 Å². The van der Waals surface area contributed by atoms with Crippen LogP contribution in [-0.4, -0.2) is 26.8 Å². The van der Waals surface area contributed by atoms with Crippen LogP contribution in [-0.2, 0) is 10.0 Å². The predicted molar refractivity (Wildman–Crippen MR) is 43.6 cm³/mol. The molecule has 3 N–H and O–H groups in total. The van der Waals surface area contributed by atoms with E-state index in [1.807, 2.05) is 0 Å². The number of rotatable bonds is 2. The van der Waals surface area contributed by atoms with Crippen molar-refractivity contribution in [1.29, 1.82) is 0 Å². The van der Waals surface area contributed by atoms with Gasteiger partial charge in [-0.15, -0.1) is 0 Å². The monoisotopic (exact) mass is 178 g/mol. The van der Waals surface area contributed by atoms with Crippen molar-refractivity contribution in [3.63, 3.8) is 0 Å². The zero-order valence-electron chi connectivity index (χ0n) is 6.58. The van der Waals surface area contributed by atoms with Crippen LogP contribution in [0.3, 0.4) is 0 Å². The normalized spacial score (nSPS) is 32.5. The van der Waals surface area contributed by atoms with Crippen molar-refractivity contribution in [3.8, 4) is 0 Å². The first kappa shape index (κ1) is 8.96. The summed E-state index contributed by atoms with van der Waals surface area (Å²) in [6.07, 6.45) is 3.74. The second kappa shape index (κ2) is 3.08. The number of sulfonamides is 1. The highest BCUT2D eigenvalue weighted by molar-refractivity contribution is 7.88. The molecular weight excluding hydrogens is 164 g/mol. The summed E-state index contributed by atoms with van der Waals surface area (Å²) in [5, 5.41) is 0. The highest BCUT2D eigenvalue weighted by Crippen LogP contribution is 2.17. The van der Waals surface area contributed by atoms with Crippen molar-refractivity contribution < 1.29 is 8.42 Å². The molecule has 0 bridgehead atoms. The van der Waals surface area contributed by atoms with Gasteiger partial charge in [0.1, 0.15) is 0 Å². The minimum atomic E-state index is -3.04. The van der Waals surface area contributed by atoms with Crippen LogP contribution in [0.4, 0.5) is 0 Å². The molecular formula is C6H14N2O2S. The molecule has 1 fully saturated rings. The van der Waals surface area contributed by atoms with E-state index in [0.717, 1.165) is 19.3 Å². The highest BCUT2D eigenvalue weighted by atomic mass is 32.2. The molecule has 11 heavy (non-hydrogen) atoms. The summed E-state index contributed by atoms with van der Waals surface area (Å²) in [6.45, 7) is 0. The Labute approximate surface area is 67.2 Å². The van der Waals surface area contributed by atoms with Crippen LogP contribution in [0.2, 0.25) is 0 Å². The number of hydrogen-bond acceptors (Lipinski definition) is 3. The molecule has 0 aromatic rings. The third kappa shape index (κ3) is 3.18. The average Bonchev–Trinajstić information content (AvgIpc) is 2.10. The molecule has 0 saturated heterocycles. The molecule has 0 aromatic heterocycles. The fourth-order valence-corrected chi connectivity index (χ4v) is 2.25. The van der Waals surface area contributed by atoms with Gasteiger partial charge in [-0.05, 0) is 19.3 Å². The van der Waals surface area contributed by atoms with Crippen molar-refractivity contribution in [2.75, 3.05) is 6.26 Å². The van der Waals surface area contributed by atoms with Crippen LogP contribution < -0.4 is 10.5 Å². The van der Waals surface area contributed by atoms with Gasteiger partial charge in [-0.3, -0.25) is 0 Å². The topological polar surface area (TPSA) is 72.2 Å². The minimum Gasteiger partial charge on any atom is -0.328 e. The van der Waals surface area contributed by atoms with Crippen LogP contribution in [0.25, 0.3) is 0 Å². The molecule has 0 heterocycles. The summed E-state index contributed by atoms with van der Waals surface area (Å²) in [5.74, 6) is 0. The molecule has 0 unspecified atom stereocenters. The summed E-state index contributed by atoms with van der Waals surface area (Å²) >= 11 is 0. The van der Waals surface area contributed by atoms with Crippen molar-refractivity contribution in [2.45, 2.75) is 31.3 Å². The summed E-state index contributed by atoms with van der Waals surface area (Å²) in [6, 6.07) is 0.245. The van der Waals surface area contributed by atoms with Crippen molar-refractivity contribution in [2.24, 2.45) is 5.73 Å². The Hall–Kier alpha value is -0.130. The molecule has 0 spiro atoms. The first-order valence-electron chi connectivity index (χ1n) is 3.70. The van der Waals surface area contributed by atoms with Crippen LogP contribution in [0.15, 0.2) is 0 Å². The van der Waals surface area contributed by atoms with E-state index in [2.05, 4.69) is 4.72 Å². The SMILES string of the molecule is CS(=O)(=O)N[C@H]1CC[C@H](N)C1. The highest BCUT2D eigenvalue weighted by Gasteiger charge is 2.23. The second-order valence-electron chi connectivity index (χ2n) is 3.16. The van der Waals surface area contributed by atoms with Gasteiger partial charge in [-0.1, -0.05) is 0 Å². The van der Waals surface area contributed by atoms with Gasteiger partial charge < -0.3 is 5.73 Å². The third-order valence-corrected chi connectivity index (χ3v) is 2.62. The fraction of sp³-hybridized carbons (Fsp3) is 1.00. The van der Waals surface area contributed by atoms with E-state index in [-0.39, 0.29) is 12.1 Å². The predicted octanol–water partition coefficient (Wildman–Crippen LogP) is -0.585. The second-order valence-corrected chi connectivity index (χ2v) is 4.94. The Morgan fingerprint density at radius 3 is 2.45 bits per heavy atom. The van der Waals surface area contributed by atoms with Crippen LogP contribution in [0.5, 0.6) is 0 Å². The maximum atomic E-state index is 10.7. The lowest BCUT2D eigenvalue weighted by molar-refractivity contribution is 0.554. The van der Waals surface area contributed by atoms with E-state index in [9.17, 15) is 8.42 Å². The molecule has 1 saturated carbocycles. The Morgan fingerprint density at radius 2 is 2.09 bits per heavy atom. The Bertz CT molecular complexity index is 225. The largest absolute Gasteiger partial charge is 0.328 e. The molecule has 66 valence electrons. The minimum absolute atomic E-state index is 0.0694. The van der Waals surface area contributed by atoms with E-state index >= 15 is 0 Å². The zero-order chi connectivity index (χ0) is 8.48. The lowest BCUT2D eigenvalue weighted by atomic mass is 10.2. The molecule has 1 rings (SSSR count). The van der Waals surface area contributed by atoms with Crippen LogP contribution >= 0.6 is 0 Å². The molecule has 0 aliphatic heterocycles. The van der Waals surface area contributed by atoms with Crippen molar-refractivity contribution in [3.05, 3.63) is 0 Å². The molecule has 1 aliphatic rings. The first-order valence-corrected chi connectivity index (χ1v) is 5.59. The molecule has 4 nitrogen and oxygen atoms in total. The molecule has 2 atom stereocenters. The summed E-state index contributed by atoms with van der Waals surface area (Å²) < 4.78 is 24.0. The van der Waals surface area contributed by atoms with E-state index in [4.69, 9.17) is 5.73 Å². The molecule has 0 amide bonds. The molecule has 1 aliphatic carbocycles. The lowest BCUT2D eigenvalue weighted by Crippen LogP contribution is -2.33. The van der Waals surface area contributed by atoms with Crippen LogP contribution in [0.1, 0.15) is 19.3 Å². The van der Waals surface area contributed by atoms with Gasteiger partial charge in [0, 0.05) is 12.1 Å². The van der Waals surface area contributed by atoms with E-state index in [1.165, 1.54) is 6.26 Å². The maximum absolute atomic E-state index is 10.7. The fourth-order valence-electron chi connectivity index (χ4n) is 1.43. The third-order valence-electron chi connectivity index (χ3n) is 1.85. The van der Waals surface area contributed by atoms with Gasteiger partial charge in [0.15, 0.2) is 0 Å².